The highest BCUT2D eigenvalue weighted by Crippen LogP contribution is 2.57. The maximum atomic E-state index is 12.3. The molecule has 10 nitrogen and oxygen atoms in total. The molecule has 1 aliphatic heterocycles. The van der Waals surface area contributed by atoms with E-state index in [0.717, 1.165) is 16.9 Å². The van der Waals surface area contributed by atoms with E-state index < -0.39 is 31.1 Å². The lowest BCUT2D eigenvalue weighted by Crippen LogP contribution is -2.42. The van der Waals surface area contributed by atoms with Crippen LogP contribution in [0.5, 0.6) is 11.5 Å². The Balaban J connectivity index is 1.36. The van der Waals surface area contributed by atoms with Gasteiger partial charge in [0, 0.05) is 24.4 Å². The van der Waals surface area contributed by atoms with Crippen LogP contribution in [-0.4, -0.2) is 40.9 Å². The number of benzene rings is 2. The van der Waals surface area contributed by atoms with E-state index in [1.807, 2.05) is 0 Å². The van der Waals surface area contributed by atoms with E-state index >= 15 is 0 Å². The van der Waals surface area contributed by atoms with Crippen LogP contribution in [0.3, 0.4) is 0 Å². The van der Waals surface area contributed by atoms with Gasteiger partial charge in [-0.05, 0) is 59.5 Å². The minimum Gasteiger partial charge on any atom is -0.508 e. The second kappa shape index (κ2) is 12.6. The Morgan fingerprint density at radius 1 is 1.20 bits per heavy atom. The molecule has 186 valence electrons. The Labute approximate surface area is 205 Å². The van der Waals surface area contributed by atoms with E-state index in [1.165, 1.54) is 42.7 Å². The largest absolute Gasteiger partial charge is 0.508 e. The lowest BCUT2D eigenvalue weighted by atomic mass is 10.2. The van der Waals surface area contributed by atoms with E-state index in [1.54, 1.807) is 24.3 Å². The van der Waals surface area contributed by atoms with Crippen LogP contribution in [0.4, 0.5) is 0 Å². The van der Waals surface area contributed by atoms with Gasteiger partial charge in [-0.2, -0.15) is 0 Å². The molecule has 3 rings (SSSR count). The number of esters is 2. The van der Waals surface area contributed by atoms with Gasteiger partial charge in [-0.15, -0.1) is 0 Å². The van der Waals surface area contributed by atoms with Crippen molar-refractivity contribution in [3.63, 3.8) is 0 Å². The first kappa shape index (κ1) is 26.5. The van der Waals surface area contributed by atoms with Gasteiger partial charge >= 0.3 is 18.7 Å². The lowest BCUT2D eigenvalue weighted by molar-refractivity contribution is -0.251. The van der Waals surface area contributed by atoms with Gasteiger partial charge in [0.2, 0.25) is 6.29 Å². The number of nitrogens with one attached hydrogen (secondary N) is 1. The average molecular weight is 521 g/mol. The zero-order valence-electron chi connectivity index (χ0n) is 18.4. The number of carbonyl (C=O) groups is 2. The van der Waals surface area contributed by atoms with E-state index in [-0.39, 0.29) is 18.1 Å². The molecular weight excluding hydrogens is 497 g/mol. The zero-order valence-corrected chi connectivity index (χ0v) is 20.2. The van der Waals surface area contributed by atoms with Crippen LogP contribution in [-0.2, 0) is 29.1 Å². The Morgan fingerprint density at radius 2 is 1.89 bits per heavy atom. The lowest BCUT2D eigenvalue weighted by Gasteiger charge is -2.34. The monoisotopic (exact) mass is 521 g/mol. The second-order valence-electron chi connectivity index (χ2n) is 7.18. The van der Waals surface area contributed by atoms with Crippen molar-refractivity contribution in [2.45, 2.75) is 24.6 Å². The van der Waals surface area contributed by atoms with E-state index in [0.29, 0.717) is 17.7 Å². The molecule has 0 radical (unpaired) electrons. The third-order valence-corrected chi connectivity index (χ3v) is 7.48. The molecule has 3 unspecified atom stereocenters. The molecule has 12 heteroatoms. The average Bonchev–Trinajstić information content (AvgIpc) is 2.80. The molecule has 2 aromatic rings. The number of phenols is 1. The van der Waals surface area contributed by atoms with Crippen LogP contribution in [0.25, 0.3) is 0 Å². The van der Waals surface area contributed by atoms with Crippen molar-refractivity contribution in [1.82, 2.24) is 5.32 Å². The topological polar surface area (TPSA) is 141 Å². The predicted molar refractivity (Wildman–Crippen MR) is 128 cm³/mol. The first-order valence-corrected chi connectivity index (χ1v) is 13.5. The molecule has 1 heterocycles. The molecule has 3 atom stereocenters. The fraction of sp³-hybridized carbons (Fsp3) is 0.217. The Kier molecular flexibility index (Phi) is 9.53. The van der Waals surface area contributed by atoms with Crippen LogP contribution in [0.15, 0.2) is 73.6 Å². The molecule has 0 saturated carbocycles. The summed E-state index contributed by atoms with van der Waals surface area (Å²) in [5.74, 6) is -0.615. The fourth-order valence-corrected chi connectivity index (χ4v) is 5.02. The van der Waals surface area contributed by atoms with Crippen molar-refractivity contribution in [3.8, 4) is 11.5 Å². The number of carbonyl (C=O) groups excluding carboxylic acids is 2. The number of ether oxygens (including phenoxy) is 3. The van der Waals surface area contributed by atoms with Gasteiger partial charge in [-0.1, -0.05) is 18.7 Å². The molecule has 0 aromatic heterocycles. The minimum absolute atomic E-state index is 0.0459. The van der Waals surface area contributed by atoms with Crippen LogP contribution in [0, 0.1) is 0 Å². The van der Waals surface area contributed by atoms with Crippen molar-refractivity contribution in [2.75, 3.05) is 6.61 Å². The quantitative estimate of drug-likeness (QED) is 0.162. The van der Waals surface area contributed by atoms with Gasteiger partial charge in [0.1, 0.15) is 11.5 Å². The van der Waals surface area contributed by atoms with Crippen molar-refractivity contribution in [1.29, 1.82) is 0 Å². The van der Waals surface area contributed by atoms with Crippen molar-refractivity contribution in [2.24, 2.45) is 0 Å². The molecule has 1 aliphatic rings. The molecule has 1 fully saturated rings. The highest BCUT2D eigenvalue weighted by molar-refractivity contribution is 8.54. The van der Waals surface area contributed by atoms with Gasteiger partial charge in [0.25, 0.3) is 0 Å². The zero-order chi connectivity index (χ0) is 25.3. The molecule has 1 saturated heterocycles. The normalized spacial score (nSPS) is 18.8. The third kappa shape index (κ3) is 8.89. The second-order valence-corrected chi connectivity index (χ2v) is 11.1. The number of phenolic OH excluding ortho intramolecular Hbond substituents is 1. The standard InChI is InChI=1S/C23H24NO9PS/c1-2-24-12-11-21(26)33-22-13-20(31-22)14-30-34(28,29)35-15-16-3-9-19(10-4-16)32-23(27)17-5-7-18(25)8-6-17/h2-12,20,22,24-25H,1,13-15H2,(H,28,29)/b12-11-. The summed E-state index contributed by atoms with van der Waals surface area (Å²) in [6, 6.07) is 12.1. The highest BCUT2D eigenvalue weighted by Gasteiger charge is 2.35. The fourth-order valence-electron chi connectivity index (χ4n) is 2.74. The smallest absolute Gasteiger partial charge is 0.386 e. The van der Waals surface area contributed by atoms with Gasteiger partial charge in [0.05, 0.1) is 18.3 Å². The summed E-state index contributed by atoms with van der Waals surface area (Å²) in [5, 5.41) is 11.9. The summed E-state index contributed by atoms with van der Waals surface area (Å²) >= 11 is 0.741. The summed E-state index contributed by atoms with van der Waals surface area (Å²) in [4.78, 5) is 33.7. The molecule has 0 spiro atoms. The van der Waals surface area contributed by atoms with Crippen LogP contribution in [0.1, 0.15) is 22.3 Å². The molecule has 0 amide bonds. The summed E-state index contributed by atoms with van der Waals surface area (Å²) in [6.45, 7) is -0.627. The maximum Gasteiger partial charge on any atom is 0.386 e. The van der Waals surface area contributed by atoms with Crippen molar-refractivity contribution >= 4 is 30.1 Å². The molecule has 0 bridgehead atoms. The predicted octanol–water partition coefficient (Wildman–Crippen LogP) is 3.87. The van der Waals surface area contributed by atoms with E-state index in [9.17, 15) is 24.2 Å². The Hall–Kier alpha value is -3.08. The number of hydrogen-bond donors (Lipinski definition) is 3. The first-order chi connectivity index (χ1) is 16.7. The third-order valence-electron chi connectivity index (χ3n) is 4.54. The number of hydrogen-bond acceptors (Lipinski definition) is 10. The number of rotatable bonds is 12. The van der Waals surface area contributed by atoms with Crippen molar-refractivity contribution < 1.29 is 42.9 Å². The summed E-state index contributed by atoms with van der Waals surface area (Å²) in [7, 11) is 0. The first-order valence-electron chi connectivity index (χ1n) is 10.4. The van der Waals surface area contributed by atoms with E-state index in [4.69, 9.17) is 18.7 Å². The molecule has 0 aliphatic carbocycles. The van der Waals surface area contributed by atoms with Gasteiger partial charge in [-0.3, -0.25) is 4.52 Å². The van der Waals surface area contributed by atoms with Gasteiger partial charge < -0.3 is 29.5 Å². The maximum absolute atomic E-state index is 12.3. The minimum atomic E-state index is -3.94. The summed E-state index contributed by atoms with van der Waals surface area (Å²) < 4.78 is 33.0. The van der Waals surface area contributed by atoms with Gasteiger partial charge in [-0.25, -0.2) is 14.2 Å². The molecule has 35 heavy (non-hydrogen) atoms. The Bertz CT molecular complexity index is 1100. The summed E-state index contributed by atoms with van der Waals surface area (Å²) in [5.41, 5.74) is 1.02. The van der Waals surface area contributed by atoms with Crippen LogP contribution < -0.4 is 10.1 Å². The summed E-state index contributed by atoms with van der Waals surface area (Å²) in [6.07, 6.45) is 3.12. The molecular formula is C23H24NO9PS. The highest BCUT2D eigenvalue weighted by atomic mass is 32.7. The van der Waals surface area contributed by atoms with Crippen LogP contribution in [0.2, 0.25) is 0 Å². The Morgan fingerprint density at radius 3 is 2.54 bits per heavy atom. The van der Waals surface area contributed by atoms with E-state index in [2.05, 4.69) is 11.9 Å². The van der Waals surface area contributed by atoms with Gasteiger partial charge in [0.15, 0.2) is 0 Å². The molecule has 2 aromatic carbocycles. The number of aromatic hydroxyl groups is 1. The van der Waals surface area contributed by atoms with Crippen molar-refractivity contribution in [3.05, 3.63) is 84.7 Å². The molecule has 3 N–H and O–H groups in total. The SMILES string of the molecule is C=CN/C=C\C(=O)OC1CC(COP(=O)(O)SCc2ccc(OC(=O)c3ccc(O)cc3)cc2)O1. The van der Waals surface area contributed by atoms with Crippen LogP contribution >= 0.6 is 18.2 Å².